The van der Waals surface area contributed by atoms with Gasteiger partial charge in [-0.25, -0.2) is 0 Å². The molecule has 1 saturated carbocycles. The number of rotatable bonds is 3. The number of aliphatic hydroxyl groups is 1. The highest BCUT2D eigenvalue weighted by Gasteiger charge is 2.35. The number of nitrogens with one attached hydrogen (secondary N) is 2. The summed E-state index contributed by atoms with van der Waals surface area (Å²) in [5.41, 5.74) is 9.03. The molecule has 3 rings (SSSR count). The summed E-state index contributed by atoms with van der Waals surface area (Å²) in [6, 6.07) is 3.75. The highest BCUT2D eigenvalue weighted by Crippen LogP contribution is 2.38. The van der Waals surface area contributed by atoms with E-state index in [9.17, 15) is 9.90 Å². The minimum absolute atomic E-state index is 0.00436. The molecule has 1 aliphatic heterocycles. The van der Waals surface area contributed by atoms with Crippen LogP contribution in [0.4, 0.5) is 17.1 Å². The molecule has 5 heteroatoms. The van der Waals surface area contributed by atoms with E-state index >= 15 is 0 Å². The molecule has 2 aliphatic rings. The number of carbonyl (C=O) groups excluding carboxylic acids is 1. The van der Waals surface area contributed by atoms with Crippen molar-refractivity contribution in [3.63, 3.8) is 0 Å². The van der Waals surface area contributed by atoms with Crippen LogP contribution in [0.25, 0.3) is 0 Å². The number of hydrogen-bond acceptors (Lipinski definition) is 4. The minimum Gasteiger partial charge on any atom is -0.397 e. The highest BCUT2D eigenvalue weighted by molar-refractivity contribution is 6.00. The molecule has 0 bridgehead atoms. The molecular weight excluding hydrogens is 266 g/mol. The monoisotopic (exact) mass is 289 g/mol. The zero-order valence-electron chi connectivity index (χ0n) is 12.4. The van der Waals surface area contributed by atoms with Gasteiger partial charge in [-0.05, 0) is 36.5 Å². The van der Waals surface area contributed by atoms with Crippen molar-refractivity contribution in [1.82, 2.24) is 0 Å². The van der Waals surface area contributed by atoms with Crippen molar-refractivity contribution in [2.24, 2.45) is 5.92 Å². The largest absolute Gasteiger partial charge is 0.397 e. The van der Waals surface area contributed by atoms with E-state index in [0.717, 1.165) is 36.2 Å². The Morgan fingerprint density at radius 2 is 2.33 bits per heavy atom. The first-order valence-electron chi connectivity index (χ1n) is 7.63. The normalized spacial score (nSPS) is 28.1. The molecule has 114 valence electrons. The summed E-state index contributed by atoms with van der Waals surface area (Å²) in [6.45, 7) is 2.32. The van der Waals surface area contributed by atoms with Gasteiger partial charge in [-0.1, -0.05) is 19.8 Å². The molecule has 0 spiro atoms. The molecule has 2 atom stereocenters. The van der Waals surface area contributed by atoms with E-state index in [-0.39, 0.29) is 18.1 Å². The summed E-state index contributed by atoms with van der Waals surface area (Å²) in [5.74, 6) is 0.596. The average molecular weight is 289 g/mol. The predicted octanol–water partition coefficient (Wildman–Crippen LogP) is 2.12. The zero-order chi connectivity index (χ0) is 15.0. The topological polar surface area (TPSA) is 87.4 Å². The summed E-state index contributed by atoms with van der Waals surface area (Å²) >= 11 is 0. The Kier molecular flexibility index (Phi) is 3.53. The molecular formula is C16H23N3O2. The van der Waals surface area contributed by atoms with Gasteiger partial charge in [0.05, 0.1) is 29.9 Å². The Bertz CT molecular complexity index is 573. The van der Waals surface area contributed by atoms with Gasteiger partial charge in [-0.3, -0.25) is 4.79 Å². The van der Waals surface area contributed by atoms with E-state index in [2.05, 4.69) is 17.6 Å². The Morgan fingerprint density at radius 1 is 1.52 bits per heavy atom. The third-order valence-corrected chi connectivity index (χ3v) is 4.69. The average Bonchev–Trinajstić information content (AvgIpc) is 2.78. The number of anilines is 3. The van der Waals surface area contributed by atoms with Crippen molar-refractivity contribution in [1.29, 1.82) is 0 Å². The van der Waals surface area contributed by atoms with Crippen molar-refractivity contribution in [3.8, 4) is 0 Å². The third kappa shape index (κ3) is 2.70. The maximum Gasteiger partial charge on any atom is 0.228 e. The van der Waals surface area contributed by atoms with E-state index in [1.165, 1.54) is 6.42 Å². The fraction of sp³-hybridized carbons (Fsp3) is 0.562. The van der Waals surface area contributed by atoms with E-state index in [1.807, 2.05) is 12.1 Å². The summed E-state index contributed by atoms with van der Waals surface area (Å²) in [4.78, 5) is 11.5. The van der Waals surface area contributed by atoms with Crippen LogP contribution in [0.2, 0.25) is 0 Å². The van der Waals surface area contributed by atoms with Gasteiger partial charge in [0.2, 0.25) is 5.91 Å². The van der Waals surface area contributed by atoms with Crippen LogP contribution in [-0.2, 0) is 11.2 Å². The van der Waals surface area contributed by atoms with Crippen LogP contribution in [0.5, 0.6) is 0 Å². The summed E-state index contributed by atoms with van der Waals surface area (Å²) < 4.78 is 0. The van der Waals surface area contributed by atoms with Gasteiger partial charge in [0.25, 0.3) is 0 Å². The van der Waals surface area contributed by atoms with E-state index in [4.69, 9.17) is 5.73 Å². The molecule has 5 nitrogen and oxygen atoms in total. The van der Waals surface area contributed by atoms with Crippen molar-refractivity contribution >= 4 is 23.0 Å². The van der Waals surface area contributed by atoms with Gasteiger partial charge in [-0.15, -0.1) is 0 Å². The molecule has 21 heavy (non-hydrogen) atoms. The maximum atomic E-state index is 11.5. The molecule has 0 radical (unpaired) electrons. The van der Waals surface area contributed by atoms with Crippen LogP contribution in [0, 0.1) is 5.92 Å². The van der Waals surface area contributed by atoms with Crippen LogP contribution in [-0.4, -0.2) is 23.2 Å². The zero-order valence-corrected chi connectivity index (χ0v) is 12.4. The lowest BCUT2D eigenvalue weighted by molar-refractivity contribution is -0.115. The van der Waals surface area contributed by atoms with Gasteiger partial charge in [0.1, 0.15) is 0 Å². The lowest BCUT2D eigenvalue weighted by atomic mass is 9.76. The standard InChI is InChI=1S/C16H23N3O2/c1-10-3-2-4-16(8-10,9-20)19-14-7-13-11(5-12(14)17)6-15(21)18-13/h5,7,10,19-20H,2-4,6,8-9,17H2,1H3,(H,18,21). The Morgan fingerprint density at radius 3 is 3.05 bits per heavy atom. The molecule has 5 N–H and O–H groups in total. The smallest absolute Gasteiger partial charge is 0.228 e. The summed E-state index contributed by atoms with van der Waals surface area (Å²) in [6.07, 6.45) is 4.58. The minimum atomic E-state index is -0.303. The lowest BCUT2D eigenvalue weighted by Crippen LogP contribution is -2.46. The molecule has 0 aromatic heterocycles. The number of hydrogen-bond donors (Lipinski definition) is 4. The molecule has 1 aromatic rings. The second kappa shape index (κ2) is 5.22. The van der Waals surface area contributed by atoms with Crippen LogP contribution >= 0.6 is 0 Å². The third-order valence-electron chi connectivity index (χ3n) is 4.69. The van der Waals surface area contributed by atoms with Gasteiger partial charge >= 0.3 is 0 Å². The number of nitrogens with two attached hydrogens (primary N) is 1. The molecule has 1 fully saturated rings. The number of benzene rings is 1. The Labute approximate surface area is 124 Å². The second-order valence-electron chi connectivity index (χ2n) is 6.59. The number of aliphatic hydroxyl groups excluding tert-OH is 1. The molecule has 1 heterocycles. The fourth-order valence-electron chi connectivity index (χ4n) is 3.64. The fourth-order valence-corrected chi connectivity index (χ4v) is 3.64. The van der Waals surface area contributed by atoms with Crippen LogP contribution in [0.1, 0.15) is 38.2 Å². The van der Waals surface area contributed by atoms with Crippen molar-refractivity contribution in [2.45, 2.75) is 44.6 Å². The van der Waals surface area contributed by atoms with Gasteiger partial charge in [-0.2, -0.15) is 0 Å². The molecule has 1 amide bonds. The summed E-state index contributed by atoms with van der Waals surface area (Å²) in [7, 11) is 0. The number of carbonyl (C=O) groups is 1. The quantitative estimate of drug-likeness (QED) is 0.642. The first-order valence-corrected chi connectivity index (χ1v) is 7.63. The summed E-state index contributed by atoms with van der Waals surface area (Å²) in [5, 5.41) is 16.2. The van der Waals surface area contributed by atoms with E-state index < -0.39 is 0 Å². The van der Waals surface area contributed by atoms with Crippen LogP contribution < -0.4 is 16.4 Å². The SMILES string of the molecule is CC1CCCC(CO)(Nc2cc3c(cc2N)CC(=O)N3)C1. The van der Waals surface area contributed by atoms with Gasteiger partial charge in [0.15, 0.2) is 0 Å². The molecule has 1 aromatic carbocycles. The molecule has 0 saturated heterocycles. The number of amides is 1. The van der Waals surface area contributed by atoms with Crippen molar-refractivity contribution in [3.05, 3.63) is 17.7 Å². The Balaban J connectivity index is 1.87. The van der Waals surface area contributed by atoms with E-state index in [0.29, 0.717) is 18.0 Å². The number of nitrogen functional groups attached to an aromatic ring is 1. The van der Waals surface area contributed by atoms with Crippen LogP contribution in [0.15, 0.2) is 12.1 Å². The maximum absolute atomic E-state index is 11.5. The highest BCUT2D eigenvalue weighted by atomic mass is 16.3. The molecule has 2 unspecified atom stereocenters. The van der Waals surface area contributed by atoms with Crippen molar-refractivity contribution in [2.75, 3.05) is 23.0 Å². The predicted molar refractivity (Wildman–Crippen MR) is 84.3 cm³/mol. The lowest BCUT2D eigenvalue weighted by Gasteiger charge is -2.40. The molecule has 1 aliphatic carbocycles. The van der Waals surface area contributed by atoms with Gasteiger partial charge < -0.3 is 21.5 Å². The first-order chi connectivity index (χ1) is 10.0. The van der Waals surface area contributed by atoms with Crippen molar-refractivity contribution < 1.29 is 9.90 Å². The second-order valence-corrected chi connectivity index (χ2v) is 6.59. The van der Waals surface area contributed by atoms with Crippen LogP contribution in [0.3, 0.4) is 0 Å². The Hall–Kier alpha value is -1.75. The first kappa shape index (κ1) is 14.2. The van der Waals surface area contributed by atoms with E-state index in [1.54, 1.807) is 0 Å². The van der Waals surface area contributed by atoms with Gasteiger partial charge in [0, 0.05) is 5.69 Å². The number of fused-ring (bicyclic) bond motifs is 1.